The van der Waals surface area contributed by atoms with Gasteiger partial charge in [0.2, 0.25) is 11.5 Å². The minimum Gasteiger partial charge on any atom is -0.463 e. The summed E-state index contributed by atoms with van der Waals surface area (Å²) >= 11 is 0. The molecule has 2 unspecified atom stereocenters. The van der Waals surface area contributed by atoms with Crippen molar-refractivity contribution in [2.75, 3.05) is 7.11 Å². The van der Waals surface area contributed by atoms with Crippen LogP contribution in [0, 0.1) is 11.8 Å². The van der Waals surface area contributed by atoms with Crippen molar-refractivity contribution in [1.82, 2.24) is 0 Å². The number of ether oxygens (including phenoxy) is 1. The molecule has 1 fully saturated rings. The van der Waals surface area contributed by atoms with Crippen molar-refractivity contribution in [3.63, 3.8) is 0 Å². The molecule has 0 radical (unpaired) electrons. The van der Waals surface area contributed by atoms with Crippen LogP contribution in [-0.4, -0.2) is 18.9 Å². The van der Waals surface area contributed by atoms with Crippen molar-refractivity contribution in [2.24, 2.45) is 11.8 Å². The summed E-state index contributed by atoms with van der Waals surface area (Å²) in [5.74, 6) is 0.264. The molecule has 4 heteroatoms. The van der Waals surface area contributed by atoms with Crippen LogP contribution < -0.4 is 0 Å². The van der Waals surface area contributed by atoms with Crippen LogP contribution in [-0.2, 0) is 4.74 Å². The molecule has 0 N–H and O–H groups in total. The highest BCUT2D eigenvalue weighted by Crippen LogP contribution is 2.40. The maximum atomic E-state index is 11.7. The van der Waals surface area contributed by atoms with Crippen molar-refractivity contribution >= 4 is 11.8 Å². The lowest BCUT2D eigenvalue weighted by molar-refractivity contribution is 0.0563. The molecule has 0 aromatic carbocycles. The van der Waals surface area contributed by atoms with E-state index in [1.165, 1.54) is 19.2 Å². The molecule has 1 saturated carbocycles. The summed E-state index contributed by atoms with van der Waals surface area (Å²) in [4.78, 5) is 22.8. The third-order valence-corrected chi connectivity index (χ3v) is 2.68. The average Bonchev–Trinajstić information content (AvgIpc) is 2.79. The number of carbonyl (C=O) groups excluding carboxylic acids is 2. The zero-order chi connectivity index (χ0) is 11.0. The largest absolute Gasteiger partial charge is 0.463 e. The number of Topliss-reactive ketones (excluding diaryl/α,β-unsaturated/α-hetero) is 1. The Balaban J connectivity index is 2.13. The van der Waals surface area contributed by atoms with Gasteiger partial charge in [0, 0.05) is 5.92 Å². The van der Waals surface area contributed by atoms with Crippen molar-refractivity contribution in [3.8, 4) is 0 Å². The molecule has 0 spiro atoms. The van der Waals surface area contributed by atoms with Gasteiger partial charge in [0.1, 0.15) is 0 Å². The Hall–Kier alpha value is -1.58. The van der Waals surface area contributed by atoms with Crippen LogP contribution in [0.25, 0.3) is 0 Å². The molecule has 0 amide bonds. The fraction of sp³-hybridized carbons (Fsp3) is 0.455. The highest BCUT2D eigenvalue weighted by molar-refractivity contribution is 5.98. The van der Waals surface area contributed by atoms with Crippen LogP contribution >= 0.6 is 0 Å². The summed E-state index contributed by atoms with van der Waals surface area (Å²) in [7, 11) is 1.27. The maximum Gasteiger partial charge on any atom is 0.373 e. The number of rotatable bonds is 3. The van der Waals surface area contributed by atoms with Gasteiger partial charge < -0.3 is 9.15 Å². The molecule has 2 rings (SSSR count). The van der Waals surface area contributed by atoms with Gasteiger partial charge in [0.05, 0.1) is 7.11 Å². The van der Waals surface area contributed by atoms with Crippen LogP contribution in [0.1, 0.15) is 34.5 Å². The average molecular weight is 208 g/mol. The highest BCUT2D eigenvalue weighted by atomic mass is 16.5. The van der Waals surface area contributed by atoms with E-state index in [2.05, 4.69) is 4.74 Å². The number of furan rings is 1. The molecular formula is C11H12O4. The van der Waals surface area contributed by atoms with E-state index < -0.39 is 5.97 Å². The number of esters is 1. The van der Waals surface area contributed by atoms with Gasteiger partial charge in [-0.05, 0) is 24.5 Å². The standard InChI is InChI=1S/C11H12O4/c1-6-5-7(6)10(12)8-3-4-9(15-8)11(13)14-2/h3-4,6-7H,5H2,1-2H3. The van der Waals surface area contributed by atoms with Gasteiger partial charge in [0.25, 0.3) is 0 Å². The summed E-state index contributed by atoms with van der Waals surface area (Å²) in [6, 6.07) is 2.99. The molecule has 2 atom stereocenters. The van der Waals surface area contributed by atoms with E-state index in [0.29, 0.717) is 5.92 Å². The van der Waals surface area contributed by atoms with E-state index in [1.807, 2.05) is 6.92 Å². The van der Waals surface area contributed by atoms with Crippen LogP contribution in [0.2, 0.25) is 0 Å². The summed E-state index contributed by atoms with van der Waals surface area (Å²) in [6.45, 7) is 2.02. The van der Waals surface area contributed by atoms with Gasteiger partial charge >= 0.3 is 5.97 Å². The molecule has 1 aromatic heterocycles. The first-order chi connectivity index (χ1) is 7.13. The normalized spacial score (nSPS) is 23.6. The van der Waals surface area contributed by atoms with Crippen LogP contribution in [0.5, 0.6) is 0 Å². The van der Waals surface area contributed by atoms with E-state index in [9.17, 15) is 9.59 Å². The first-order valence-corrected chi connectivity index (χ1v) is 4.86. The Kier molecular flexibility index (Phi) is 2.34. The number of carbonyl (C=O) groups is 2. The molecule has 0 bridgehead atoms. The Morgan fingerprint density at radius 1 is 1.40 bits per heavy atom. The Morgan fingerprint density at radius 2 is 2.00 bits per heavy atom. The molecule has 0 saturated heterocycles. The van der Waals surface area contributed by atoms with Crippen LogP contribution in [0.15, 0.2) is 16.5 Å². The van der Waals surface area contributed by atoms with Crippen molar-refractivity contribution in [2.45, 2.75) is 13.3 Å². The third kappa shape index (κ3) is 1.79. The zero-order valence-corrected chi connectivity index (χ0v) is 8.65. The minimum absolute atomic E-state index is 0.0161. The Morgan fingerprint density at radius 3 is 2.53 bits per heavy atom. The molecule has 1 aromatic rings. The summed E-state index contributed by atoms with van der Waals surface area (Å²) < 4.78 is 9.61. The van der Waals surface area contributed by atoms with Gasteiger partial charge in [-0.2, -0.15) is 0 Å². The molecule has 1 aliphatic rings. The maximum absolute atomic E-state index is 11.7. The van der Waals surface area contributed by atoms with E-state index in [-0.39, 0.29) is 23.2 Å². The van der Waals surface area contributed by atoms with Crippen molar-refractivity contribution < 1.29 is 18.7 Å². The van der Waals surface area contributed by atoms with Crippen LogP contribution in [0.3, 0.4) is 0 Å². The lowest BCUT2D eigenvalue weighted by Crippen LogP contribution is -2.02. The fourth-order valence-corrected chi connectivity index (χ4v) is 1.55. The third-order valence-electron chi connectivity index (χ3n) is 2.68. The number of hydrogen-bond acceptors (Lipinski definition) is 4. The number of ketones is 1. The van der Waals surface area contributed by atoms with E-state index >= 15 is 0 Å². The van der Waals surface area contributed by atoms with Crippen LogP contribution in [0.4, 0.5) is 0 Å². The predicted molar refractivity (Wildman–Crippen MR) is 51.6 cm³/mol. The van der Waals surface area contributed by atoms with E-state index in [0.717, 1.165) is 6.42 Å². The lowest BCUT2D eigenvalue weighted by Gasteiger charge is -1.94. The number of methoxy groups -OCH3 is 1. The smallest absolute Gasteiger partial charge is 0.373 e. The fourth-order valence-electron chi connectivity index (χ4n) is 1.55. The first kappa shape index (κ1) is 9.96. The molecule has 80 valence electrons. The van der Waals surface area contributed by atoms with Gasteiger partial charge in [0.15, 0.2) is 5.76 Å². The predicted octanol–water partition coefficient (Wildman–Crippen LogP) is 1.90. The molecule has 15 heavy (non-hydrogen) atoms. The molecule has 1 aliphatic carbocycles. The lowest BCUT2D eigenvalue weighted by atomic mass is 10.2. The molecule has 1 heterocycles. The summed E-state index contributed by atoms with van der Waals surface area (Å²) in [6.07, 6.45) is 0.910. The second-order valence-corrected chi connectivity index (χ2v) is 3.84. The second kappa shape index (κ2) is 3.53. The monoisotopic (exact) mass is 208 g/mol. The topological polar surface area (TPSA) is 56.5 Å². The van der Waals surface area contributed by atoms with Gasteiger partial charge in [-0.3, -0.25) is 4.79 Å². The van der Waals surface area contributed by atoms with Gasteiger partial charge in [-0.25, -0.2) is 4.79 Å². The quantitative estimate of drug-likeness (QED) is 0.562. The van der Waals surface area contributed by atoms with Crippen molar-refractivity contribution in [3.05, 3.63) is 23.7 Å². The summed E-state index contributed by atoms with van der Waals surface area (Å²) in [5, 5.41) is 0. The number of hydrogen-bond donors (Lipinski definition) is 0. The zero-order valence-electron chi connectivity index (χ0n) is 8.65. The minimum atomic E-state index is -0.558. The molecular weight excluding hydrogens is 196 g/mol. The van der Waals surface area contributed by atoms with Gasteiger partial charge in [-0.15, -0.1) is 0 Å². The molecule has 4 nitrogen and oxygen atoms in total. The van der Waals surface area contributed by atoms with E-state index in [1.54, 1.807) is 0 Å². The Bertz CT molecular complexity index is 404. The van der Waals surface area contributed by atoms with Gasteiger partial charge in [-0.1, -0.05) is 6.92 Å². The first-order valence-electron chi connectivity index (χ1n) is 4.86. The summed E-state index contributed by atoms with van der Waals surface area (Å²) in [5.41, 5.74) is 0. The SMILES string of the molecule is COC(=O)c1ccc(C(=O)C2CC2C)o1. The second-order valence-electron chi connectivity index (χ2n) is 3.84. The highest BCUT2D eigenvalue weighted by Gasteiger charge is 2.40. The van der Waals surface area contributed by atoms with Crippen molar-refractivity contribution in [1.29, 1.82) is 0 Å². The Labute approximate surface area is 87.2 Å². The molecule has 0 aliphatic heterocycles. The van der Waals surface area contributed by atoms with E-state index in [4.69, 9.17) is 4.42 Å².